The zero-order valence-electron chi connectivity index (χ0n) is 15.7. The van der Waals surface area contributed by atoms with Gasteiger partial charge in [-0.2, -0.15) is 0 Å². The van der Waals surface area contributed by atoms with Gasteiger partial charge in [-0.05, 0) is 30.9 Å². The number of para-hydroxylation sites is 1. The number of hydrogen-bond donors (Lipinski definition) is 1. The van der Waals surface area contributed by atoms with Crippen LogP contribution in [-0.2, 0) is 14.8 Å². The van der Waals surface area contributed by atoms with E-state index in [1.165, 1.54) is 23.4 Å². The molecular weight excluding hydrogens is 336 g/mol. The lowest BCUT2D eigenvalue weighted by molar-refractivity contribution is -0.121. The van der Waals surface area contributed by atoms with Crippen molar-refractivity contribution in [3.8, 4) is 0 Å². The largest absolute Gasteiger partial charge is 0.356 e. The molecule has 0 aliphatic rings. The lowest BCUT2D eigenvalue weighted by Crippen LogP contribution is -2.33. The highest BCUT2D eigenvalue weighted by molar-refractivity contribution is 7.92. The molecule has 6 heteroatoms. The molecule has 142 valence electrons. The number of nitrogens with one attached hydrogen (secondary N) is 1. The first-order valence-electron chi connectivity index (χ1n) is 9.17. The van der Waals surface area contributed by atoms with Gasteiger partial charge in [0.15, 0.2) is 0 Å². The lowest BCUT2D eigenvalue weighted by Gasteiger charge is -2.22. The predicted molar refractivity (Wildman–Crippen MR) is 104 cm³/mol. The van der Waals surface area contributed by atoms with Crippen LogP contribution in [0.4, 0.5) is 5.69 Å². The highest BCUT2D eigenvalue weighted by Crippen LogP contribution is 2.17. The Morgan fingerprint density at radius 3 is 2.40 bits per heavy atom. The average molecular weight is 369 g/mol. The lowest BCUT2D eigenvalue weighted by atomic mass is 9.99. The van der Waals surface area contributed by atoms with Crippen molar-refractivity contribution in [1.82, 2.24) is 5.32 Å². The summed E-state index contributed by atoms with van der Waals surface area (Å²) >= 11 is 0. The molecule has 0 saturated heterocycles. The van der Waals surface area contributed by atoms with Gasteiger partial charge in [-0.15, -0.1) is 0 Å². The van der Waals surface area contributed by atoms with Gasteiger partial charge in [-0.3, -0.25) is 9.10 Å². The first kappa shape index (κ1) is 21.5. The van der Waals surface area contributed by atoms with E-state index >= 15 is 0 Å². The molecule has 0 saturated carbocycles. The van der Waals surface area contributed by atoms with Crippen molar-refractivity contribution in [2.75, 3.05) is 23.7 Å². The Kier molecular flexibility index (Phi) is 9.57. The van der Waals surface area contributed by atoms with Gasteiger partial charge in [0, 0.05) is 19.5 Å². The zero-order chi connectivity index (χ0) is 18.7. The molecule has 0 aliphatic heterocycles. The van der Waals surface area contributed by atoms with Crippen LogP contribution in [0.5, 0.6) is 0 Å². The smallest absolute Gasteiger partial charge is 0.232 e. The first-order valence-corrected chi connectivity index (χ1v) is 11.0. The number of carbonyl (C=O) groups excluding carboxylic acids is 1. The van der Waals surface area contributed by atoms with Crippen LogP contribution in [0.25, 0.3) is 0 Å². The van der Waals surface area contributed by atoms with Gasteiger partial charge < -0.3 is 5.32 Å². The molecule has 0 bridgehead atoms. The molecule has 0 heterocycles. The predicted octanol–water partition coefficient (Wildman–Crippen LogP) is 3.57. The van der Waals surface area contributed by atoms with E-state index in [2.05, 4.69) is 19.2 Å². The van der Waals surface area contributed by atoms with Crippen molar-refractivity contribution in [2.24, 2.45) is 5.92 Å². The van der Waals surface area contributed by atoms with Gasteiger partial charge in [0.05, 0.1) is 11.9 Å². The summed E-state index contributed by atoms with van der Waals surface area (Å²) in [5, 5.41) is 2.99. The second-order valence-electron chi connectivity index (χ2n) is 6.49. The van der Waals surface area contributed by atoms with Gasteiger partial charge >= 0.3 is 0 Å². The van der Waals surface area contributed by atoms with Crippen molar-refractivity contribution in [3.05, 3.63) is 30.3 Å². The Balaban J connectivity index is 2.44. The zero-order valence-corrected chi connectivity index (χ0v) is 16.5. The van der Waals surface area contributed by atoms with E-state index in [-0.39, 0.29) is 5.91 Å². The number of rotatable bonds is 12. The number of anilines is 1. The topological polar surface area (TPSA) is 66.5 Å². The van der Waals surface area contributed by atoms with Crippen LogP contribution < -0.4 is 9.62 Å². The Morgan fingerprint density at radius 1 is 1.16 bits per heavy atom. The van der Waals surface area contributed by atoms with E-state index in [0.717, 1.165) is 12.8 Å². The number of nitrogens with zero attached hydrogens (tertiary/aromatic N) is 1. The molecule has 0 aliphatic carbocycles. The van der Waals surface area contributed by atoms with E-state index < -0.39 is 10.0 Å². The summed E-state index contributed by atoms with van der Waals surface area (Å²) in [6, 6.07) is 8.99. The summed E-state index contributed by atoms with van der Waals surface area (Å²) < 4.78 is 25.3. The van der Waals surface area contributed by atoms with Crippen LogP contribution in [-0.4, -0.2) is 33.7 Å². The van der Waals surface area contributed by atoms with Crippen molar-refractivity contribution >= 4 is 21.6 Å². The Labute approximate surface area is 152 Å². The molecule has 5 nitrogen and oxygen atoms in total. The summed E-state index contributed by atoms with van der Waals surface area (Å²) in [5.41, 5.74) is 0.635. The summed E-state index contributed by atoms with van der Waals surface area (Å²) in [6.45, 7) is 5.34. The molecular formula is C19H32N2O3S. The number of benzene rings is 1. The minimum absolute atomic E-state index is 0.00328. The molecule has 0 fully saturated rings. The standard InChI is InChI=1S/C19H32N2O3S/c1-4-6-11-17(5-2)16-20-19(22)14-10-15-21(25(3,23)24)18-12-8-7-9-13-18/h7-9,12-13,17H,4-6,10-11,14-16H2,1-3H3,(H,20,22). The molecule has 1 aromatic carbocycles. The van der Waals surface area contributed by atoms with Crippen LogP contribution >= 0.6 is 0 Å². The number of carbonyl (C=O) groups is 1. The molecule has 0 radical (unpaired) electrons. The van der Waals surface area contributed by atoms with E-state index in [1.807, 2.05) is 6.07 Å². The first-order chi connectivity index (χ1) is 11.9. The van der Waals surface area contributed by atoms with Crippen molar-refractivity contribution in [2.45, 2.75) is 52.4 Å². The maximum atomic E-state index is 12.0. The van der Waals surface area contributed by atoms with E-state index in [1.54, 1.807) is 24.3 Å². The van der Waals surface area contributed by atoms with E-state index in [0.29, 0.717) is 37.5 Å². The van der Waals surface area contributed by atoms with Crippen molar-refractivity contribution in [3.63, 3.8) is 0 Å². The molecule has 1 amide bonds. The minimum Gasteiger partial charge on any atom is -0.356 e. The summed E-state index contributed by atoms with van der Waals surface area (Å²) in [5.74, 6) is 0.525. The SMILES string of the molecule is CCCCC(CC)CNC(=O)CCCN(c1ccccc1)S(C)(=O)=O. The van der Waals surface area contributed by atoms with Crippen LogP contribution in [0.15, 0.2) is 30.3 Å². The van der Waals surface area contributed by atoms with E-state index in [9.17, 15) is 13.2 Å². The van der Waals surface area contributed by atoms with Crippen molar-refractivity contribution in [1.29, 1.82) is 0 Å². The Bertz CT molecular complexity index is 602. The second-order valence-corrected chi connectivity index (χ2v) is 8.40. The number of unbranched alkanes of at least 4 members (excludes halogenated alkanes) is 1. The molecule has 1 rings (SSSR count). The minimum atomic E-state index is -3.35. The fourth-order valence-corrected chi connectivity index (χ4v) is 3.72. The van der Waals surface area contributed by atoms with Crippen LogP contribution in [0.2, 0.25) is 0 Å². The highest BCUT2D eigenvalue weighted by Gasteiger charge is 2.17. The van der Waals surface area contributed by atoms with Gasteiger partial charge in [0.1, 0.15) is 0 Å². The third kappa shape index (κ3) is 8.38. The fraction of sp³-hybridized carbons (Fsp3) is 0.632. The van der Waals surface area contributed by atoms with Crippen LogP contribution in [0.1, 0.15) is 52.4 Å². The molecule has 0 aromatic heterocycles. The molecule has 1 unspecified atom stereocenters. The van der Waals surface area contributed by atoms with Crippen LogP contribution in [0.3, 0.4) is 0 Å². The monoisotopic (exact) mass is 368 g/mol. The normalized spacial score (nSPS) is 12.6. The number of hydrogen-bond acceptors (Lipinski definition) is 3. The second kappa shape index (κ2) is 11.1. The highest BCUT2D eigenvalue weighted by atomic mass is 32.2. The third-order valence-corrected chi connectivity index (χ3v) is 5.53. The molecule has 25 heavy (non-hydrogen) atoms. The van der Waals surface area contributed by atoms with Crippen LogP contribution in [0, 0.1) is 5.92 Å². The molecule has 1 N–H and O–H groups in total. The van der Waals surface area contributed by atoms with Gasteiger partial charge in [-0.1, -0.05) is 51.3 Å². The van der Waals surface area contributed by atoms with Gasteiger partial charge in [0.25, 0.3) is 0 Å². The Hall–Kier alpha value is -1.56. The fourth-order valence-electron chi connectivity index (χ4n) is 2.75. The molecule has 0 spiro atoms. The van der Waals surface area contributed by atoms with Crippen molar-refractivity contribution < 1.29 is 13.2 Å². The average Bonchev–Trinajstić information content (AvgIpc) is 2.58. The maximum absolute atomic E-state index is 12.0. The van der Waals surface area contributed by atoms with Gasteiger partial charge in [-0.25, -0.2) is 8.42 Å². The quantitative estimate of drug-likeness (QED) is 0.613. The summed E-state index contributed by atoms with van der Waals surface area (Å²) in [7, 11) is -3.35. The molecule has 1 atom stereocenters. The van der Waals surface area contributed by atoms with Gasteiger partial charge in [0.2, 0.25) is 15.9 Å². The summed E-state index contributed by atoms with van der Waals surface area (Å²) in [4.78, 5) is 12.0. The molecule has 1 aromatic rings. The Morgan fingerprint density at radius 2 is 1.84 bits per heavy atom. The summed E-state index contributed by atoms with van der Waals surface area (Å²) in [6.07, 6.45) is 6.60. The number of amides is 1. The number of sulfonamides is 1. The van der Waals surface area contributed by atoms with E-state index in [4.69, 9.17) is 0 Å². The maximum Gasteiger partial charge on any atom is 0.232 e. The third-order valence-electron chi connectivity index (χ3n) is 4.34.